The lowest BCUT2D eigenvalue weighted by atomic mass is 10.2. The minimum Gasteiger partial charge on any atom is -0.378 e. The van der Waals surface area contributed by atoms with Gasteiger partial charge in [-0.3, -0.25) is 0 Å². The van der Waals surface area contributed by atoms with Gasteiger partial charge in [0.15, 0.2) is 0 Å². The van der Waals surface area contributed by atoms with Crippen molar-refractivity contribution in [2.75, 3.05) is 5.32 Å². The quantitative estimate of drug-likeness (QED) is 0.873. The average Bonchev–Trinajstić information content (AvgIpc) is 2.72. The van der Waals surface area contributed by atoms with E-state index in [0.717, 1.165) is 5.82 Å². The Labute approximate surface area is 112 Å². The van der Waals surface area contributed by atoms with Crippen LogP contribution in [0.1, 0.15) is 11.4 Å². The molecule has 6 nitrogen and oxygen atoms in total. The maximum Gasteiger partial charge on any atom is 0.238 e. The molecule has 0 aliphatic rings. The fourth-order valence-electron chi connectivity index (χ4n) is 1.76. The highest BCUT2D eigenvalue weighted by atomic mass is 32.2. The van der Waals surface area contributed by atoms with Crippen LogP contribution in [0.5, 0.6) is 0 Å². The van der Waals surface area contributed by atoms with Crippen LogP contribution in [0.25, 0.3) is 0 Å². The Morgan fingerprint density at radius 1 is 1.42 bits per heavy atom. The molecule has 1 aromatic carbocycles. The molecule has 3 N–H and O–H groups in total. The lowest BCUT2D eigenvalue weighted by Crippen LogP contribution is -2.14. The van der Waals surface area contributed by atoms with Gasteiger partial charge in [0.1, 0.15) is 5.82 Å². The van der Waals surface area contributed by atoms with Crippen molar-refractivity contribution in [1.29, 1.82) is 0 Å². The number of aryl methyl sites for hydroxylation is 2. The van der Waals surface area contributed by atoms with Gasteiger partial charge in [0.05, 0.1) is 11.4 Å². The number of hydrogen-bond donors (Lipinski definition) is 2. The summed E-state index contributed by atoms with van der Waals surface area (Å²) >= 11 is 0. The van der Waals surface area contributed by atoms with E-state index in [4.69, 9.17) is 5.14 Å². The van der Waals surface area contributed by atoms with Crippen molar-refractivity contribution >= 4 is 15.7 Å². The molecule has 0 aliphatic carbocycles. The minimum atomic E-state index is -3.70. The molecule has 0 radical (unpaired) electrons. The second-order valence-electron chi connectivity index (χ2n) is 4.33. The van der Waals surface area contributed by atoms with Crippen molar-refractivity contribution in [3.05, 3.63) is 42.0 Å². The van der Waals surface area contributed by atoms with Crippen molar-refractivity contribution in [1.82, 2.24) is 9.55 Å². The van der Waals surface area contributed by atoms with E-state index < -0.39 is 10.0 Å². The molecule has 2 rings (SSSR count). The summed E-state index contributed by atoms with van der Waals surface area (Å²) in [5.74, 6) is 0.859. The second-order valence-corrected chi connectivity index (χ2v) is 5.86. The fraction of sp³-hybridized carbons (Fsp3) is 0.250. The third kappa shape index (κ3) is 3.12. The van der Waals surface area contributed by atoms with Crippen LogP contribution in [0, 0.1) is 6.92 Å². The highest BCUT2D eigenvalue weighted by Crippen LogP contribution is 2.19. The number of benzene rings is 1. The van der Waals surface area contributed by atoms with Crippen LogP contribution >= 0.6 is 0 Å². The number of anilines is 1. The van der Waals surface area contributed by atoms with Gasteiger partial charge >= 0.3 is 0 Å². The van der Waals surface area contributed by atoms with Crippen molar-refractivity contribution in [3.63, 3.8) is 0 Å². The number of hydrogen-bond acceptors (Lipinski definition) is 4. The monoisotopic (exact) mass is 280 g/mol. The molecule has 7 heteroatoms. The van der Waals surface area contributed by atoms with E-state index in [-0.39, 0.29) is 4.90 Å². The van der Waals surface area contributed by atoms with E-state index in [0.29, 0.717) is 17.8 Å². The molecule has 0 spiro atoms. The number of nitrogens with one attached hydrogen (secondary N) is 1. The molecule has 0 amide bonds. The molecule has 19 heavy (non-hydrogen) atoms. The molecule has 0 aliphatic heterocycles. The van der Waals surface area contributed by atoms with Crippen LogP contribution in [0.4, 0.5) is 5.69 Å². The van der Waals surface area contributed by atoms with Gasteiger partial charge in [0, 0.05) is 25.1 Å². The molecule has 1 heterocycles. The Bertz CT molecular complexity index is 692. The molecule has 0 atom stereocenters. The molecular weight excluding hydrogens is 264 g/mol. The Hall–Kier alpha value is -1.86. The van der Waals surface area contributed by atoms with E-state index in [1.54, 1.807) is 19.2 Å². The van der Waals surface area contributed by atoms with Gasteiger partial charge in [-0.05, 0) is 24.6 Å². The SMILES string of the molecule is Cc1ccc(NCc2nccn2C)cc1S(N)(=O)=O. The Kier molecular flexibility index (Phi) is 3.59. The van der Waals surface area contributed by atoms with Crippen LogP contribution in [-0.4, -0.2) is 18.0 Å². The number of imidazole rings is 1. The summed E-state index contributed by atoms with van der Waals surface area (Å²) in [5, 5.41) is 8.29. The first-order valence-corrected chi connectivity index (χ1v) is 7.26. The van der Waals surface area contributed by atoms with Gasteiger partial charge < -0.3 is 9.88 Å². The first-order chi connectivity index (χ1) is 8.88. The van der Waals surface area contributed by atoms with Crippen LogP contribution in [0.3, 0.4) is 0 Å². The predicted molar refractivity (Wildman–Crippen MR) is 73.1 cm³/mol. The molecule has 0 saturated carbocycles. The Balaban J connectivity index is 2.21. The maximum atomic E-state index is 11.4. The summed E-state index contributed by atoms with van der Waals surface area (Å²) in [5.41, 5.74) is 1.32. The number of aromatic nitrogens is 2. The minimum absolute atomic E-state index is 0.136. The van der Waals surface area contributed by atoms with Gasteiger partial charge in [-0.15, -0.1) is 0 Å². The first-order valence-electron chi connectivity index (χ1n) is 5.71. The Morgan fingerprint density at radius 2 is 2.16 bits per heavy atom. The molecule has 0 fully saturated rings. The third-order valence-corrected chi connectivity index (χ3v) is 3.92. The predicted octanol–water partition coefficient (Wildman–Crippen LogP) is 0.988. The molecule has 0 saturated heterocycles. The van der Waals surface area contributed by atoms with Crippen molar-refractivity contribution in [2.24, 2.45) is 12.2 Å². The molecular formula is C12H16N4O2S. The zero-order valence-electron chi connectivity index (χ0n) is 10.8. The van der Waals surface area contributed by atoms with Gasteiger partial charge in [0.25, 0.3) is 0 Å². The standard InChI is InChI=1S/C12H16N4O2S/c1-9-3-4-10(7-11(9)19(13,17)18)15-8-12-14-5-6-16(12)2/h3-7,15H,8H2,1-2H3,(H2,13,17,18). The van der Waals surface area contributed by atoms with E-state index in [9.17, 15) is 8.42 Å². The van der Waals surface area contributed by atoms with Crippen molar-refractivity contribution in [3.8, 4) is 0 Å². The fourth-order valence-corrected chi connectivity index (χ4v) is 2.57. The largest absolute Gasteiger partial charge is 0.378 e. The smallest absolute Gasteiger partial charge is 0.238 e. The zero-order chi connectivity index (χ0) is 14.0. The zero-order valence-corrected chi connectivity index (χ0v) is 11.6. The normalized spacial score (nSPS) is 11.5. The van der Waals surface area contributed by atoms with E-state index >= 15 is 0 Å². The lowest BCUT2D eigenvalue weighted by molar-refractivity contribution is 0.597. The molecule has 1 aromatic heterocycles. The summed E-state index contributed by atoms with van der Waals surface area (Å²) in [6.45, 7) is 2.22. The summed E-state index contributed by atoms with van der Waals surface area (Å²) in [6, 6.07) is 5.07. The number of rotatable bonds is 4. The van der Waals surface area contributed by atoms with Gasteiger partial charge in [0.2, 0.25) is 10.0 Å². The van der Waals surface area contributed by atoms with E-state index in [2.05, 4.69) is 10.3 Å². The van der Waals surface area contributed by atoms with Crippen molar-refractivity contribution < 1.29 is 8.42 Å². The first kappa shape index (κ1) is 13.6. The maximum absolute atomic E-state index is 11.4. The summed E-state index contributed by atoms with van der Waals surface area (Å²) < 4.78 is 24.7. The number of nitrogens with two attached hydrogens (primary N) is 1. The van der Waals surface area contributed by atoms with Gasteiger partial charge in [-0.25, -0.2) is 18.5 Å². The molecule has 102 valence electrons. The number of primary sulfonamides is 1. The van der Waals surface area contributed by atoms with Crippen LogP contribution in [0.2, 0.25) is 0 Å². The summed E-state index contributed by atoms with van der Waals surface area (Å²) in [6.07, 6.45) is 3.56. The lowest BCUT2D eigenvalue weighted by Gasteiger charge is -2.09. The second kappa shape index (κ2) is 5.02. The Morgan fingerprint density at radius 3 is 2.74 bits per heavy atom. The molecule has 0 unspecified atom stereocenters. The molecule has 0 bridgehead atoms. The molecule has 2 aromatic rings. The third-order valence-electron chi connectivity index (χ3n) is 2.87. The summed E-state index contributed by atoms with van der Waals surface area (Å²) in [7, 11) is -1.80. The van der Waals surface area contributed by atoms with E-state index in [1.165, 1.54) is 6.07 Å². The highest BCUT2D eigenvalue weighted by Gasteiger charge is 2.12. The number of nitrogens with zero attached hydrogens (tertiary/aromatic N) is 2. The summed E-state index contributed by atoms with van der Waals surface area (Å²) in [4.78, 5) is 4.31. The van der Waals surface area contributed by atoms with Crippen LogP contribution < -0.4 is 10.5 Å². The van der Waals surface area contributed by atoms with Gasteiger partial charge in [-0.1, -0.05) is 6.07 Å². The van der Waals surface area contributed by atoms with Crippen molar-refractivity contribution in [2.45, 2.75) is 18.4 Å². The van der Waals surface area contributed by atoms with Crippen LogP contribution in [-0.2, 0) is 23.6 Å². The van der Waals surface area contributed by atoms with Crippen LogP contribution in [0.15, 0.2) is 35.5 Å². The average molecular weight is 280 g/mol. The van der Waals surface area contributed by atoms with E-state index in [1.807, 2.05) is 23.9 Å². The van der Waals surface area contributed by atoms with Gasteiger partial charge in [-0.2, -0.15) is 0 Å². The number of sulfonamides is 1. The topological polar surface area (TPSA) is 90.0 Å². The highest BCUT2D eigenvalue weighted by molar-refractivity contribution is 7.89.